The number of carboxylic acid groups (broad SMARTS) is 4. The molecule has 0 fully saturated rings. The van der Waals surface area contributed by atoms with Crippen molar-refractivity contribution in [3.8, 4) is 0 Å². The topological polar surface area (TPSA) is 316 Å². The summed E-state index contributed by atoms with van der Waals surface area (Å²) in [5, 5.41) is 36.3. The fraction of sp³-hybridized carbons (Fsp3) is 0.444. The van der Waals surface area contributed by atoms with Crippen molar-refractivity contribution in [2.24, 2.45) is 22.9 Å². The average molecular weight is 616 g/mol. The number of aromatic amines is 2. The zero-order valence-electron chi connectivity index (χ0n) is 19.6. The van der Waals surface area contributed by atoms with E-state index in [1.54, 1.807) is 12.4 Å². The number of nitrogens with two attached hydrogens (primary N) is 4. The first kappa shape index (κ1) is 39.0. The van der Waals surface area contributed by atoms with Crippen LogP contribution in [0.25, 0.3) is 0 Å². The van der Waals surface area contributed by atoms with Crippen molar-refractivity contribution in [1.82, 2.24) is 19.9 Å². The standard InChI is InChI=1S/2C6H9N3O2.2C3H7NO2S.Zn/c2*7-5(6(10)11)1-4-2-8-3-9-4;2*4-2(1-7)3(5)6;/h2*2-3,5H,1,7H2,(H,8,9)(H,10,11);2*2,7H,1,4H2,(H,5,6);/q;;;;+2/p-2/t2*5-;2*2-;/m0000./s1. The molecule has 0 aliphatic carbocycles. The zero-order chi connectivity index (χ0) is 28.3. The SMILES string of the molecule is N[C@@H](CS)C(=O)O.N[C@@H](CS)C(=O)O.N[C@@H](Cc1c[nH]cn1)C(=O)[O-].N[C@@H](Cc1c[nH]cn1)C(=O)[O-].[Zn+2]. The molecule has 0 saturated heterocycles. The molecule has 37 heavy (non-hydrogen) atoms. The van der Waals surface area contributed by atoms with E-state index in [1.807, 2.05) is 0 Å². The van der Waals surface area contributed by atoms with E-state index < -0.39 is 48.0 Å². The van der Waals surface area contributed by atoms with Crippen LogP contribution in [0.2, 0.25) is 0 Å². The van der Waals surface area contributed by atoms with Crippen molar-refractivity contribution in [3.05, 3.63) is 36.4 Å². The zero-order valence-corrected chi connectivity index (χ0v) is 24.4. The summed E-state index contributed by atoms with van der Waals surface area (Å²) in [7, 11) is 0. The summed E-state index contributed by atoms with van der Waals surface area (Å²) in [5.74, 6) is -4.14. The van der Waals surface area contributed by atoms with Gasteiger partial charge in [-0.05, 0) is 0 Å². The molecule has 0 spiro atoms. The van der Waals surface area contributed by atoms with Crippen molar-refractivity contribution in [2.45, 2.75) is 37.0 Å². The molecule has 19 heteroatoms. The fourth-order valence-corrected chi connectivity index (χ4v) is 1.89. The number of nitrogens with one attached hydrogen (secondary N) is 2. The van der Waals surface area contributed by atoms with Crippen LogP contribution in [0.15, 0.2) is 25.0 Å². The van der Waals surface area contributed by atoms with Crippen LogP contribution in [-0.4, -0.2) is 89.7 Å². The van der Waals surface area contributed by atoms with E-state index in [-0.39, 0.29) is 43.8 Å². The van der Waals surface area contributed by atoms with E-state index in [0.717, 1.165) is 0 Å². The summed E-state index contributed by atoms with van der Waals surface area (Å²) in [4.78, 5) is 52.8. The Labute approximate surface area is 235 Å². The summed E-state index contributed by atoms with van der Waals surface area (Å²) in [5.41, 5.74) is 21.5. The molecule has 2 aromatic rings. The first-order chi connectivity index (χ1) is 16.8. The number of nitrogens with zero attached hydrogens (tertiary/aromatic N) is 2. The number of carbonyl (C=O) groups is 4. The van der Waals surface area contributed by atoms with Crippen LogP contribution in [0.5, 0.6) is 0 Å². The molecular formula is C18H30N8O8S2Zn. The van der Waals surface area contributed by atoms with Gasteiger partial charge in [-0.2, -0.15) is 25.3 Å². The van der Waals surface area contributed by atoms with Gasteiger partial charge >= 0.3 is 31.4 Å². The van der Waals surface area contributed by atoms with Gasteiger partial charge in [0.05, 0.1) is 36.0 Å². The minimum atomic E-state index is -1.26. The minimum absolute atomic E-state index is 0. The Kier molecular flexibility index (Phi) is 23.9. The van der Waals surface area contributed by atoms with Crippen LogP contribution in [-0.2, 0) is 51.5 Å². The summed E-state index contributed by atoms with van der Waals surface area (Å²) in [6.45, 7) is 0. The molecule has 2 rings (SSSR count). The Morgan fingerprint density at radius 3 is 1.19 bits per heavy atom. The van der Waals surface area contributed by atoms with Gasteiger partial charge in [0.15, 0.2) is 0 Å². The fourth-order valence-electron chi connectivity index (χ4n) is 1.58. The molecule has 2 aromatic heterocycles. The molecule has 12 N–H and O–H groups in total. The first-order valence-electron chi connectivity index (χ1n) is 9.83. The maximum atomic E-state index is 10.2. The molecule has 0 aromatic carbocycles. The third-order valence-electron chi connectivity index (χ3n) is 3.60. The van der Waals surface area contributed by atoms with Gasteiger partial charge in [0, 0.05) is 48.8 Å². The Hall–Kier alpha value is -2.54. The van der Waals surface area contributed by atoms with Crippen molar-refractivity contribution < 1.29 is 59.1 Å². The summed E-state index contributed by atoms with van der Waals surface area (Å²) < 4.78 is 0. The number of carbonyl (C=O) groups excluding carboxylic acids is 2. The van der Waals surface area contributed by atoms with Crippen molar-refractivity contribution >= 4 is 49.1 Å². The van der Waals surface area contributed by atoms with E-state index in [1.165, 1.54) is 12.7 Å². The smallest absolute Gasteiger partial charge is 0.548 e. The molecule has 0 radical (unpaired) electrons. The number of rotatable bonds is 10. The molecule has 0 aliphatic rings. The van der Waals surface area contributed by atoms with Crippen LogP contribution >= 0.6 is 25.3 Å². The van der Waals surface area contributed by atoms with E-state index in [0.29, 0.717) is 11.4 Å². The largest absolute Gasteiger partial charge is 2.00 e. The van der Waals surface area contributed by atoms with E-state index in [9.17, 15) is 29.4 Å². The van der Waals surface area contributed by atoms with Crippen LogP contribution in [0.1, 0.15) is 11.4 Å². The van der Waals surface area contributed by atoms with Gasteiger partial charge in [0.2, 0.25) is 0 Å². The second kappa shape index (κ2) is 22.6. The van der Waals surface area contributed by atoms with Crippen molar-refractivity contribution in [1.29, 1.82) is 0 Å². The second-order valence-corrected chi connectivity index (χ2v) is 7.37. The number of imidazole rings is 2. The molecule has 0 unspecified atom stereocenters. The number of thiol groups is 2. The van der Waals surface area contributed by atoms with Gasteiger partial charge in [-0.15, -0.1) is 0 Å². The molecule has 0 bridgehead atoms. The Morgan fingerprint density at radius 1 is 0.757 bits per heavy atom. The third kappa shape index (κ3) is 21.3. The van der Waals surface area contributed by atoms with Crippen LogP contribution in [0.4, 0.5) is 0 Å². The van der Waals surface area contributed by atoms with Gasteiger partial charge < -0.3 is 62.9 Å². The maximum Gasteiger partial charge on any atom is 2.00 e. The van der Waals surface area contributed by atoms with E-state index in [4.69, 9.17) is 33.1 Å². The molecular weight excluding hydrogens is 586 g/mol. The third-order valence-corrected chi connectivity index (χ3v) is 4.39. The molecule has 0 saturated carbocycles. The first-order valence-corrected chi connectivity index (χ1v) is 11.1. The Balaban J connectivity index is -0.000000424. The quantitative estimate of drug-likeness (QED) is 0.0881. The van der Waals surface area contributed by atoms with Gasteiger partial charge in [0.25, 0.3) is 0 Å². The predicted molar refractivity (Wildman–Crippen MR) is 129 cm³/mol. The van der Waals surface area contributed by atoms with E-state index in [2.05, 4.69) is 45.2 Å². The predicted octanol–water partition coefficient (Wildman–Crippen LogP) is -5.29. The van der Waals surface area contributed by atoms with Crippen LogP contribution in [0.3, 0.4) is 0 Å². The summed E-state index contributed by atoms with van der Waals surface area (Å²) in [6.07, 6.45) is 6.54. The number of hydrogen-bond acceptors (Lipinski definition) is 14. The average Bonchev–Trinajstić information content (AvgIpc) is 3.53. The van der Waals surface area contributed by atoms with Gasteiger partial charge in [-0.1, -0.05) is 0 Å². The van der Waals surface area contributed by atoms with Gasteiger partial charge in [-0.3, -0.25) is 9.59 Å². The van der Waals surface area contributed by atoms with Gasteiger partial charge in [-0.25, -0.2) is 9.97 Å². The number of H-pyrrole nitrogens is 2. The number of aromatic nitrogens is 4. The normalized spacial score (nSPS) is 12.7. The van der Waals surface area contributed by atoms with Crippen molar-refractivity contribution in [3.63, 3.8) is 0 Å². The van der Waals surface area contributed by atoms with Crippen LogP contribution in [0, 0.1) is 0 Å². The second-order valence-electron chi connectivity index (χ2n) is 6.63. The molecule has 2 heterocycles. The molecule has 0 aliphatic heterocycles. The Morgan fingerprint density at radius 2 is 1.05 bits per heavy atom. The van der Waals surface area contributed by atoms with Crippen molar-refractivity contribution in [2.75, 3.05) is 11.5 Å². The van der Waals surface area contributed by atoms with Crippen LogP contribution < -0.4 is 33.1 Å². The van der Waals surface area contributed by atoms with E-state index >= 15 is 0 Å². The summed E-state index contributed by atoms with van der Waals surface area (Å²) in [6, 6.07) is -3.58. The number of hydrogen-bond donors (Lipinski definition) is 10. The number of carboxylic acids is 4. The maximum absolute atomic E-state index is 10.2. The van der Waals surface area contributed by atoms with Gasteiger partial charge in [0.1, 0.15) is 12.1 Å². The minimum Gasteiger partial charge on any atom is -0.548 e. The molecule has 0 amide bonds. The molecule has 204 valence electrons. The molecule has 16 nitrogen and oxygen atoms in total. The summed E-state index contributed by atoms with van der Waals surface area (Å²) >= 11 is 7.30. The Bertz CT molecular complexity index is 820. The molecule has 4 atom stereocenters. The number of aliphatic carboxylic acids is 4. The monoisotopic (exact) mass is 614 g/mol.